The lowest BCUT2D eigenvalue weighted by atomic mass is 9.77. The second kappa shape index (κ2) is 6.41. The van der Waals surface area contributed by atoms with E-state index in [1.54, 1.807) is 0 Å². The van der Waals surface area contributed by atoms with Crippen molar-refractivity contribution in [3.8, 4) is 0 Å². The molecule has 1 saturated carbocycles. The molecule has 2 rings (SSSR count). The van der Waals surface area contributed by atoms with Crippen LogP contribution in [-0.2, 0) is 4.79 Å². The highest BCUT2D eigenvalue weighted by molar-refractivity contribution is 5.76. The zero-order valence-electron chi connectivity index (χ0n) is 12.4. The van der Waals surface area contributed by atoms with E-state index in [1.165, 1.54) is 0 Å². The number of carbonyl (C=O) groups excluding carboxylic acids is 1. The van der Waals surface area contributed by atoms with Crippen LogP contribution in [0.15, 0.2) is 0 Å². The van der Waals surface area contributed by atoms with Gasteiger partial charge in [0.2, 0.25) is 5.91 Å². The molecule has 2 fully saturated rings. The summed E-state index contributed by atoms with van der Waals surface area (Å²) in [6.45, 7) is 4.76. The van der Waals surface area contributed by atoms with E-state index in [0.29, 0.717) is 31.6 Å². The lowest BCUT2D eigenvalue weighted by molar-refractivity contribution is -0.124. The molecule has 1 amide bonds. The highest BCUT2D eigenvalue weighted by atomic mass is 16.3. The number of amides is 1. The number of piperidine rings is 1. The molecule has 0 spiro atoms. The molecule has 1 heterocycles. The molecule has 4 N–H and O–H groups in total. The Morgan fingerprint density at radius 2 is 2.00 bits per heavy atom. The van der Waals surface area contributed by atoms with Crippen LogP contribution in [-0.4, -0.2) is 52.4 Å². The Bertz CT molecular complexity index is 340. The number of aliphatic hydroxyl groups is 2. The van der Waals surface area contributed by atoms with E-state index in [4.69, 9.17) is 5.73 Å². The largest absolute Gasteiger partial charge is 0.393 e. The first-order valence-electron chi connectivity index (χ1n) is 7.82. The summed E-state index contributed by atoms with van der Waals surface area (Å²) in [5, 5.41) is 20.3. The molecule has 0 aromatic rings. The third-order valence-corrected chi connectivity index (χ3v) is 5.16. The van der Waals surface area contributed by atoms with Gasteiger partial charge in [-0.2, -0.15) is 0 Å². The lowest BCUT2D eigenvalue weighted by Gasteiger charge is -2.39. The molecule has 0 bridgehead atoms. The summed E-state index contributed by atoms with van der Waals surface area (Å²) in [5.41, 5.74) is 4.69. The van der Waals surface area contributed by atoms with Crippen molar-refractivity contribution in [2.24, 2.45) is 17.6 Å². The maximum atomic E-state index is 11.1. The summed E-state index contributed by atoms with van der Waals surface area (Å²) in [4.78, 5) is 13.5. The van der Waals surface area contributed by atoms with Crippen molar-refractivity contribution in [1.29, 1.82) is 0 Å². The Balaban J connectivity index is 1.75. The van der Waals surface area contributed by atoms with E-state index >= 15 is 0 Å². The number of likely N-dealkylation sites (tertiary alicyclic amines) is 1. The van der Waals surface area contributed by atoms with Crippen molar-refractivity contribution in [2.75, 3.05) is 19.6 Å². The predicted octanol–water partition coefficient (Wildman–Crippen LogP) is 0.486. The van der Waals surface area contributed by atoms with E-state index in [0.717, 1.165) is 32.5 Å². The summed E-state index contributed by atoms with van der Waals surface area (Å²) in [6.07, 6.45) is 4.16. The van der Waals surface area contributed by atoms with Gasteiger partial charge in [-0.3, -0.25) is 4.79 Å². The standard InChI is InChI=1S/C15H28N2O3/c1-11-10-17(8-4-13(11)18)9-7-15(20)5-2-12(3-6-15)14(16)19/h11-13,18,20H,2-10H2,1H3,(H2,16,19). The molecule has 0 radical (unpaired) electrons. The average Bonchev–Trinajstić information content (AvgIpc) is 2.41. The van der Waals surface area contributed by atoms with Crippen LogP contribution in [0.5, 0.6) is 0 Å². The quantitative estimate of drug-likeness (QED) is 0.701. The minimum absolute atomic E-state index is 0.0552. The van der Waals surface area contributed by atoms with Crippen LogP contribution < -0.4 is 5.73 Å². The van der Waals surface area contributed by atoms with Gasteiger partial charge in [0.15, 0.2) is 0 Å². The monoisotopic (exact) mass is 284 g/mol. The van der Waals surface area contributed by atoms with E-state index in [9.17, 15) is 15.0 Å². The average molecular weight is 284 g/mol. The fraction of sp³-hybridized carbons (Fsp3) is 0.933. The van der Waals surface area contributed by atoms with Crippen molar-refractivity contribution >= 4 is 5.91 Å². The molecular formula is C15H28N2O3. The van der Waals surface area contributed by atoms with Crippen LogP contribution >= 0.6 is 0 Å². The molecule has 1 saturated heterocycles. The van der Waals surface area contributed by atoms with Crippen molar-refractivity contribution in [1.82, 2.24) is 4.90 Å². The van der Waals surface area contributed by atoms with E-state index in [1.807, 2.05) is 0 Å². The van der Waals surface area contributed by atoms with Crippen LogP contribution in [0.1, 0.15) is 45.4 Å². The van der Waals surface area contributed by atoms with Gasteiger partial charge in [-0.15, -0.1) is 0 Å². The minimum Gasteiger partial charge on any atom is -0.393 e. The predicted molar refractivity (Wildman–Crippen MR) is 76.9 cm³/mol. The molecule has 1 aliphatic heterocycles. The number of aliphatic hydroxyl groups excluding tert-OH is 1. The molecule has 2 aliphatic rings. The van der Waals surface area contributed by atoms with Gasteiger partial charge in [0.05, 0.1) is 11.7 Å². The third-order valence-electron chi connectivity index (χ3n) is 5.16. The molecule has 0 aromatic heterocycles. The number of rotatable bonds is 4. The summed E-state index contributed by atoms with van der Waals surface area (Å²) in [7, 11) is 0. The summed E-state index contributed by atoms with van der Waals surface area (Å²) in [5.74, 6) is 0.0234. The third kappa shape index (κ3) is 3.93. The zero-order valence-corrected chi connectivity index (χ0v) is 12.4. The molecule has 2 unspecified atom stereocenters. The highest BCUT2D eigenvalue weighted by Gasteiger charge is 2.35. The summed E-state index contributed by atoms with van der Waals surface area (Å²) in [6, 6.07) is 0. The van der Waals surface area contributed by atoms with E-state index < -0.39 is 5.60 Å². The van der Waals surface area contributed by atoms with Crippen LogP contribution in [0.4, 0.5) is 0 Å². The van der Waals surface area contributed by atoms with Gasteiger partial charge in [-0.05, 0) is 44.4 Å². The minimum atomic E-state index is -0.634. The van der Waals surface area contributed by atoms with Gasteiger partial charge in [-0.25, -0.2) is 0 Å². The highest BCUT2D eigenvalue weighted by Crippen LogP contribution is 2.34. The number of hydrogen-bond donors (Lipinski definition) is 3. The van der Waals surface area contributed by atoms with Crippen LogP contribution in [0, 0.1) is 11.8 Å². The SMILES string of the molecule is CC1CN(CCC2(O)CCC(C(N)=O)CC2)CCC1O. The van der Waals surface area contributed by atoms with Gasteiger partial charge < -0.3 is 20.8 Å². The molecular weight excluding hydrogens is 256 g/mol. The Labute approximate surface area is 121 Å². The van der Waals surface area contributed by atoms with Crippen LogP contribution in [0.25, 0.3) is 0 Å². The molecule has 20 heavy (non-hydrogen) atoms. The second-order valence-electron chi connectivity index (χ2n) is 6.78. The number of hydrogen-bond acceptors (Lipinski definition) is 4. The van der Waals surface area contributed by atoms with Gasteiger partial charge in [-0.1, -0.05) is 6.92 Å². The fourth-order valence-electron chi connectivity index (χ4n) is 3.48. The Hall–Kier alpha value is -0.650. The molecule has 116 valence electrons. The number of primary amides is 1. The zero-order chi connectivity index (χ0) is 14.8. The first kappa shape index (κ1) is 15.7. The number of nitrogens with zero attached hydrogens (tertiary/aromatic N) is 1. The van der Waals surface area contributed by atoms with E-state index in [-0.39, 0.29) is 17.9 Å². The Morgan fingerprint density at radius 3 is 2.55 bits per heavy atom. The van der Waals surface area contributed by atoms with Crippen molar-refractivity contribution < 1.29 is 15.0 Å². The first-order valence-corrected chi connectivity index (χ1v) is 7.82. The lowest BCUT2D eigenvalue weighted by Crippen LogP contribution is -2.45. The maximum absolute atomic E-state index is 11.1. The topological polar surface area (TPSA) is 86.8 Å². The number of nitrogens with two attached hydrogens (primary N) is 1. The van der Waals surface area contributed by atoms with Crippen LogP contribution in [0.3, 0.4) is 0 Å². The van der Waals surface area contributed by atoms with Crippen LogP contribution in [0.2, 0.25) is 0 Å². The molecule has 1 aliphatic carbocycles. The number of carbonyl (C=O) groups is 1. The van der Waals surface area contributed by atoms with Gasteiger partial charge in [0.1, 0.15) is 0 Å². The van der Waals surface area contributed by atoms with Gasteiger partial charge in [0.25, 0.3) is 0 Å². The Morgan fingerprint density at radius 1 is 1.35 bits per heavy atom. The van der Waals surface area contributed by atoms with Crippen molar-refractivity contribution in [2.45, 2.75) is 57.2 Å². The Kier molecular flexibility index (Phi) is 5.04. The molecule has 5 heteroatoms. The molecule has 2 atom stereocenters. The fourth-order valence-corrected chi connectivity index (χ4v) is 3.48. The second-order valence-corrected chi connectivity index (χ2v) is 6.78. The first-order chi connectivity index (χ1) is 9.39. The normalized spacial score (nSPS) is 39.6. The van der Waals surface area contributed by atoms with Gasteiger partial charge in [0, 0.05) is 25.6 Å². The van der Waals surface area contributed by atoms with Crippen molar-refractivity contribution in [3.05, 3.63) is 0 Å². The smallest absolute Gasteiger partial charge is 0.220 e. The van der Waals surface area contributed by atoms with Crippen molar-refractivity contribution in [3.63, 3.8) is 0 Å². The molecule has 5 nitrogen and oxygen atoms in total. The summed E-state index contributed by atoms with van der Waals surface area (Å²) < 4.78 is 0. The molecule has 0 aromatic carbocycles. The summed E-state index contributed by atoms with van der Waals surface area (Å²) >= 11 is 0. The van der Waals surface area contributed by atoms with E-state index in [2.05, 4.69) is 11.8 Å². The van der Waals surface area contributed by atoms with Gasteiger partial charge >= 0.3 is 0 Å². The maximum Gasteiger partial charge on any atom is 0.220 e.